The van der Waals surface area contributed by atoms with E-state index in [1.807, 2.05) is 30.3 Å². The van der Waals surface area contributed by atoms with Gasteiger partial charge in [0.15, 0.2) is 6.29 Å². The Morgan fingerprint density at radius 2 is 1.73 bits per heavy atom. The summed E-state index contributed by atoms with van der Waals surface area (Å²) < 4.78 is 0. The second-order valence-corrected chi connectivity index (χ2v) is 5.93. The van der Waals surface area contributed by atoms with Gasteiger partial charge >= 0.3 is 0 Å². The molecule has 3 amide bonds. The molecule has 0 aromatic heterocycles. The zero-order chi connectivity index (χ0) is 18.8. The number of aliphatic hydroxyl groups excluding tert-OH is 1. The predicted molar refractivity (Wildman–Crippen MR) is 91.7 cm³/mol. The number of rotatable bonds is 5. The van der Waals surface area contributed by atoms with E-state index in [-0.39, 0.29) is 22.3 Å². The lowest BCUT2D eigenvalue weighted by Gasteiger charge is -2.18. The van der Waals surface area contributed by atoms with Gasteiger partial charge < -0.3 is 10.0 Å². The number of aldehydes is 1. The second kappa shape index (κ2) is 6.89. The Balaban J connectivity index is 1.97. The van der Waals surface area contributed by atoms with Crippen LogP contribution in [0.4, 0.5) is 0 Å². The fourth-order valence-electron chi connectivity index (χ4n) is 2.90. The number of carbonyl (C=O) groups excluding carboxylic acids is 4. The molecule has 132 valence electrons. The van der Waals surface area contributed by atoms with Crippen molar-refractivity contribution in [2.45, 2.75) is 6.54 Å². The summed E-state index contributed by atoms with van der Waals surface area (Å²) in [5, 5.41) is 9.18. The van der Waals surface area contributed by atoms with Gasteiger partial charge in [-0.2, -0.15) is 0 Å². The van der Waals surface area contributed by atoms with Crippen molar-refractivity contribution in [2.24, 2.45) is 0 Å². The highest BCUT2D eigenvalue weighted by atomic mass is 16.3. The Labute approximate surface area is 149 Å². The summed E-state index contributed by atoms with van der Waals surface area (Å²) in [5.41, 5.74) is 0.988. The van der Waals surface area contributed by atoms with Gasteiger partial charge in [-0.3, -0.25) is 24.1 Å². The Morgan fingerprint density at radius 1 is 1.12 bits per heavy atom. The van der Waals surface area contributed by atoms with E-state index in [1.165, 1.54) is 17.0 Å². The van der Waals surface area contributed by atoms with E-state index in [4.69, 9.17) is 0 Å². The van der Waals surface area contributed by atoms with Gasteiger partial charge in [0.1, 0.15) is 6.73 Å². The number of hydrogen-bond donors (Lipinski definition) is 1. The molecule has 0 unspecified atom stereocenters. The largest absolute Gasteiger partial charge is 0.376 e. The molecule has 3 rings (SSSR count). The van der Waals surface area contributed by atoms with Crippen molar-refractivity contribution in [1.29, 1.82) is 0 Å². The van der Waals surface area contributed by atoms with Crippen molar-refractivity contribution in [3.8, 4) is 0 Å². The molecule has 0 aliphatic carbocycles. The molecule has 2 aromatic rings. The normalized spacial score (nSPS) is 12.9. The molecule has 0 spiro atoms. The van der Waals surface area contributed by atoms with Crippen molar-refractivity contribution in [1.82, 2.24) is 9.80 Å². The third kappa shape index (κ3) is 2.89. The topological polar surface area (TPSA) is 95.0 Å². The van der Waals surface area contributed by atoms with Crippen LogP contribution in [-0.2, 0) is 6.54 Å². The summed E-state index contributed by atoms with van der Waals surface area (Å²) in [5.74, 6) is -1.82. The molecule has 1 aliphatic heterocycles. The zero-order valence-electron chi connectivity index (χ0n) is 14.0. The minimum Gasteiger partial charge on any atom is -0.376 e. The van der Waals surface area contributed by atoms with Crippen LogP contribution in [0.1, 0.15) is 47.0 Å². The Hall–Kier alpha value is -3.32. The molecule has 0 saturated heterocycles. The van der Waals surface area contributed by atoms with E-state index in [0.29, 0.717) is 17.7 Å². The van der Waals surface area contributed by atoms with E-state index in [2.05, 4.69) is 0 Å². The molecule has 1 heterocycles. The summed E-state index contributed by atoms with van der Waals surface area (Å²) in [6.45, 7) is -0.440. The average Bonchev–Trinajstić information content (AvgIpc) is 2.90. The van der Waals surface area contributed by atoms with Gasteiger partial charge in [0.2, 0.25) is 0 Å². The highest BCUT2D eigenvalue weighted by molar-refractivity contribution is 6.22. The molecule has 0 atom stereocenters. The molecule has 7 heteroatoms. The number of benzene rings is 2. The molecular formula is C19H16N2O5. The summed E-state index contributed by atoms with van der Waals surface area (Å²) in [4.78, 5) is 50.6. The van der Waals surface area contributed by atoms with Crippen LogP contribution < -0.4 is 0 Å². The molecule has 7 nitrogen and oxygen atoms in total. The maximum atomic E-state index is 12.8. The van der Waals surface area contributed by atoms with Crippen LogP contribution in [0.15, 0.2) is 42.5 Å². The maximum absolute atomic E-state index is 12.8. The SMILES string of the molecule is CN(Cc1ccccc1)C(=O)c1cc2c(cc1C=O)C(=O)N(CO)C2=O. The third-order valence-corrected chi connectivity index (χ3v) is 4.25. The third-order valence-electron chi connectivity index (χ3n) is 4.25. The number of hydrogen-bond acceptors (Lipinski definition) is 5. The van der Waals surface area contributed by atoms with Crippen molar-refractivity contribution >= 4 is 24.0 Å². The lowest BCUT2D eigenvalue weighted by molar-refractivity contribution is 0.0489. The number of amides is 3. The number of carbonyl (C=O) groups is 4. The predicted octanol–water partition coefficient (Wildman–Crippen LogP) is 1.32. The molecule has 0 saturated carbocycles. The number of imide groups is 1. The highest BCUT2D eigenvalue weighted by Gasteiger charge is 2.36. The van der Waals surface area contributed by atoms with Crippen LogP contribution in [0, 0.1) is 0 Å². The van der Waals surface area contributed by atoms with Gasteiger partial charge in [-0.15, -0.1) is 0 Å². The molecule has 1 N–H and O–H groups in total. The monoisotopic (exact) mass is 352 g/mol. The maximum Gasteiger partial charge on any atom is 0.263 e. The molecule has 0 fully saturated rings. The van der Waals surface area contributed by atoms with Crippen LogP contribution in [-0.4, -0.2) is 52.7 Å². The molecule has 2 aromatic carbocycles. The van der Waals surface area contributed by atoms with Crippen LogP contribution in [0.5, 0.6) is 0 Å². The first-order valence-electron chi connectivity index (χ1n) is 7.87. The lowest BCUT2D eigenvalue weighted by Crippen LogP contribution is -2.30. The van der Waals surface area contributed by atoms with E-state index in [0.717, 1.165) is 5.56 Å². The minimum absolute atomic E-state index is 0.00566. The quantitative estimate of drug-likeness (QED) is 0.647. The first-order valence-corrected chi connectivity index (χ1v) is 7.87. The van der Waals surface area contributed by atoms with Crippen LogP contribution in [0.2, 0.25) is 0 Å². The molecule has 1 aliphatic rings. The lowest BCUT2D eigenvalue weighted by atomic mass is 9.99. The van der Waals surface area contributed by atoms with E-state index in [1.54, 1.807) is 7.05 Å². The Morgan fingerprint density at radius 3 is 2.31 bits per heavy atom. The van der Waals surface area contributed by atoms with Crippen molar-refractivity contribution in [3.63, 3.8) is 0 Å². The molecule has 26 heavy (non-hydrogen) atoms. The second-order valence-electron chi connectivity index (χ2n) is 5.93. The number of aliphatic hydroxyl groups is 1. The van der Waals surface area contributed by atoms with Gasteiger partial charge in [0, 0.05) is 19.2 Å². The van der Waals surface area contributed by atoms with Crippen LogP contribution >= 0.6 is 0 Å². The Bertz CT molecular complexity index is 908. The fraction of sp³-hybridized carbons (Fsp3) is 0.158. The smallest absolute Gasteiger partial charge is 0.263 e. The minimum atomic E-state index is -0.764. The van der Waals surface area contributed by atoms with Crippen molar-refractivity contribution < 1.29 is 24.3 Å². The number of nitrogens with zero attached hydrogens (tertiary/aromatic N) is 2. The first-order chi connectivity index (χ1) is 12.5. The average molecular weight is 352 g/mol. The summed E-state index contributed by atoms with van der Waals surface area (Å²) in [6.07, 6.45) is 0.475. The van der Waals surface area contributed by atoms with E-state index >= 15 is 0 Å². The van der Waals surface area contributed by atoms with Crippen molar-refractivity contribution in [2.75, 3.05) is 13.8 Å². The Kier molecular flexibility index (Phi) is 4.64. The highest BCUT2D eigenvalue weighted by Crippen LogP contribution is 2.26. The summed E-state index contributed by atoms with van der Waals surface area (Å²) in [6, 6.07) is 11.8. The fourth-order valence-corrected chi connectivity index (χ4v) is 2.90. The van der Waals surface area contributed by atoms with Gasteiger partial charge in [0.25, 0.3) is 17.7 Å². The van der Waals surface area contributed by atoms with Crippen molar-refractivity contribution in [3.05, 3.63) is 70.3 Å². The molecule has 0 radical (unpaired) electrons. The number of fused-ring (bicyclic) bond motifs is 1. The van der Waals surface area contributed by atoms with Crippen LogP contribution in [0.25, 0.3) is 0 Å². The molecule has 0 bridgehead atoms. The van der Waals surface area contributed by atoms with E-state index < -0.39 is 24.5 Å². The van der Waals surface area contributed by atoms with Gasteiger partial charge in [-0.25, -0.2) is 0 Å². The standard InChI is InChI=1S/C19H16N2O5/c1-20(9-12-5-3-2-4-6-12)17(24)14-8-16-15(7-13(14)10-22)18(25)21(11-23)19(16)26/h2-8,10,23H,9,11H2,1H3. The van der Waals surface area contributed by atoms with Gasteiger partial charge in [-0.05, 0) is 17.7 Å². The zero-order valence-corrected chi connectivity index (χ0v) is 14.0. The molecular weight excluding hydrogens is 336 g/mol. The summed E-state index contributed by atoms with van der Waals surface area (Å²) in [7, 11) is 1.59. The van der Waals surface area contributed by atoms with Gasteiger partial charge in [-0.1, -0.05) is 30.3 Å². The first kappa shape index (κ1) is 17.5. The van der Waals surface area contributed by atoms with E-state index in [9.17, 15) is 24.3 Å². The van der Waals surface area contributed by atoms with Crippen LogP contribution in [0.3, 0.4) is 0 Å². The van der Waals surface area contributed by atoms with Gasteiger partial charge in [0.05, 0.1) is 16.7 Å². The summed E-state index contributed by atoms with van der Waals surface area (Å²) >= 11 is 0.